The van der Waals surface area contributed by atoms with Gasteiger partial charge in [-0.3, -0.25) is 9.20 Å². The van der Waals surface area contributed by atoms with Gasteiger partial charge in [0.1, 0.15) is 39.9 Å². The maximum absolute atomic E-state index is 12.9. The number of amides is 1. The summed E-state index contributed by atoms with van der Waals surface area (Å²) < 4.78 is 46.4. The van der Waals surface area contributed by atoms with Gasteiger partial charge in [-0.25, -0.2) is 15.0 Å². The Morgan fingerprint density at radius 1 is 1.22 bits per heavy atom. The van der Waals surface area contributed by atoms with Crippen LogP contribution in [0.5, 0.6) is 0 Å². The summed E-state index contributed by atoms with van der Waals surface area (Å²) in [7, 11) is 0. The quantitative estimate of drug-likeness (QED) is 0.375. The number of morpholine rings is 1. The second kappa shape index (κ2) is 9.37. The van der Waals surface area contributed by atoms with E-state index in [1.807, 2.05) is 0 Å². The molecule has 0 radical (unpaired) electrons. The molecule has 3 aromatic heterocycles. The third-order valence-corrected chi connectivity index (χ3v) is 5.90. The number of hydrogen-bond acceptors (Lipinski definition) is 7. The molecule has 1 aliphatic rings. The highest BCUT2D eigenvalue weighted by Crippen LogP contribution is 2.34. The van der Waals surface area contributed by atoms with Crippen molar-refractivity contribution < 1.29 is 22.7 Å². The number of benzene rings is 1. The van der Waals surface area contributed by atoms with Crippen molar-refractivity contribution in [2.75, 3.05) is 30.7 Å². The molecule has 4 N–H and O–H groups in total. The number of nitrogen functional groups attached to an aromatic ring is 1. The van der Waals surface area contributed by atoms with Gasteiger partial charge in [0.05, 0.1) is 18.4 Å². The molecule has 5 rings (SSSR count). The summed E-state index contributed by atoms with van der Waals surface area (Å²) in [5.74, 6) is -0.0500. The van der Waals surface area contributed by atoms with Crippen molar-refractivity contribution in [2.45, 2.75) is 12.3 Å². The molecule has 0 bridgehead atoms. The molecule has 0 unspecified atom stereocenters. The number of carbonyl (C=O) groups excluding carboxylic acids is 1. The molecule has 1 amide bonds. The van der Waals surface area contributed by atoms with Crippen molar-refractivity contribution in [3.8, 4) is 11.3 Å². The van der Waals surface area contributed by atoms with Crippen molar-refractivity contribution in [2.24, 2.45) is 0 Å². The number of hydrogen-bond donors (Lipinski definition) is 3. The topological polar surface area (TPSA) is 119 Å². The zero-order valence-corrected chi connectivity index (χ0v) is 19.3. The van der Waals surface area contributed by atoms with Gasteiger partial charge in [-0.05, 0) is 24.3 Å². The molecule has 1 fully saturated rings. The van der Waals surface area contributed by atoms with Crippen LogP contribution in [0.1, 0.15) is 27.8 Å². The number of aromatic nitrogens is 4. The van der Waals surface area contributed by atoms with Crippen molar-refractivity contribution in [1.29, 1.82) is 0 Å². The summed E-state index contributed by atoms with van der Waals surface area (Å²) in [4.78, 5) is 25.3. The first kappa shape index (κ1) is 24.0. The molecule has 9 nitrogen and oxygen atoms in total. The number of anilines is 2. The Morgan fingerprint density at radius 3 is 2.69 bits per heavy atom. The number of nitrogens with one attached hydrogen (secondary N) is 2. The van der Waals surface area contributed by atoms with Crippen LogP contribution in [-0.4, -0.2) is 45.0 Å². The standard InChI is InChI=1S/C23H19ClF3N7O2/c24-16-11-31-20(28)19-18(33-21(34(16)19)15-10-29-7-8-36-15)12-1-3-13(4-2-12)22(35)32-17-9-14(5-6-30-17)23(25,26)27/h1-6,9,11,15,29H,7-8,10H2,(H2,28,31)(H,30,32,35)/t15-/m1/s1. The normalized spacial score (nSPS) is 16.3. The highest BCUT2D eigenvalue weighted by Gasteiger charge is 2.31. The van der Waals surface area contributed by atoms with Crippen LogP contribution in [0.3, 0.4) is 0 Å². The second-order valence-electron chi connectivity index (χ2n) is 7.99. The zero-order valence-electron chi connectivity index (χ0n) is 18.5. The van der Waals surface area contributed by atoms with E-state index in [4.69, 9.17) is 27.1 Å². The molecule has 186 valence electrons. The van der Waals surface area contributed by atoms with E-state index in [9.17, 15) is 18.0 Å². The number of alkyl halides is 3. The number of fused-ring (bicyclic) bond motifs is 1. The van der Waals surface area contributed by atoms with Crippen LogP contribution in [0, 0.1) is 0 Å². The molecule has 1 atom stereocenters. The minimum atomic E-state index is -4.55. The molecule has 0 saturated carbocycles. The van der Waals surface area contributed by atoms with Gasteiger partial charge in [0.15, 0.2) is 0 Å². The maximum Gasteiger partial charge on any atom is 0.416 e. The molecule has 1 aliphatic heterocycles. The van der Waals surface area contributed by atoms with Crippen LogP contribution in [0.2, 0.25) is 5.15 Å². The highest BCUT2D eigenvalue weighted by atomic mass is 35.5. The Balaban J connectivity index is 1.46. The Morgan fingerprint density at radius 2 is 2.00 bits per heavy atom. The molecule has 4 heterocycles. The number of halogens is 4. The number of ether oxygens (including phenoxy) is 1. The average Bonchev–Trinajstić information content (AvgIpc) is 3.29. The first-order valence-electron chi connectivity index (χ1n) is 10.8. The number of nitrogens with two attached hydrogens (primary N) is 1. The van der Waals surface area contributed by atoms with Crippen LogP contribution in [0.4, 0.5) is 24.8 Å². The third-order valence-electron chi connectivity index (χ3n) is 5.63. The zero-order chi connectivity index (χ0) is 25.4. The lowest BCUT2D eigenvalue weighted by atomic mass is 10.1. The average molecular weight is 518 g/mol. The van der Waals surface area contributed by atoms with Gasteiger partial charge in [-0.1, -0.05) is 23.7 Å². The summed E-state index contributed by atoms with van der Waals surface area (Å²) in [6, 6.07) is 7.95. The minimum absolute atomic E-state index is 0.210. The van der Waals surface area contributed by atoms with Crippen molar-refractivity contribution >= 4 is 34.7 Å². The van der Waals surface area contributed by atoms with Gasteiger partial charge in [-0.2, -0.15) is 13.2 Å². The van der Waals surface area contributed by atoms with Gasteiger partial charge in [0.2, 0.25) is 0 Å². The summed E-state index contributed by atoms with van der Waals surface area (Å²) in [5, 5.41) is 5.95. The van der Waals surface area contributed by atoms with Gasteiger partial charge in [0.25, 0.3) is 5.91 Å². The summed E-state index contributed by atoms with van der Waals surface area (Å²) in [6.07, 6.45) is -2.49. The second-order valence-corrected chi connectivity index (χ2v) is 8.38. The number of carbonyl (C=O) groups is 1. The van der Waals surface area contributed by atoms with Crippen LogP contribution >= 0.6 is 11.6 Å². The Labute approximate surface area is 207 Å². The van der Waals surface area contributed by atoms with Gasteiger partial charge in [-0.15, -0.1) is 0 Å². The fourth-order valence-electron chi connectivity index (χ4n) is 3.92. The van der Waals surface area contributed by atoms with E-state index in [-0.39, 0.29) is 23.3 Å². The number of imidazole rings is 1. The van der Waals surface area contributed by atoms with E-state index in [1.54, 1.807) is 16.5 Å². The summed E-state index contributed by atoms with van der Waals surface area (Å²) >= 11 is 6.44. The minimum Gasteiger partial charge on any atom is -0.382 e. The summed E-state index contributed by atoms with van der Waals surface area (Å²) in [6.45, 7) is 1.78. The highest BCUT2D eigenvalue weighted by molar-refractivity contribution is 6.30. The number of nitrogens with zero attached hydrogens (tertiary/aromatic N) is 4. The molecule has 36 heavy (non-hydrogen) atoms. The van der Waals surface area contributed by atoms with Gasteiger partial charge >= 0.3 is 6.18 Å². The van der Waals surface area contributed by atoms with E-state index in [0.717, 1.165) is 24.9 Å². The van der Waals surface area contributed by atoms with E-state index in [2.05, 4.69) is 20.6 Å². The van der Waals surface area contributed by atoms with Crippen molar-refractivity contribution in [3.05, 3.63) is 70.9 Å². The van der Waals surface area contributed by atoms with Crippen LogP contribution in [-0.2, 0) is 10.9 Å². The Kier molecular flexibility index (Phi) is 6.24. The van der Waals surface area contributed by atoms with E-state index in [1.165, 1.54) is 18.3 Å². The van der Waals surface area contributed by atoms with E-state index >= 15 is 0 Å². The van der Waals surface area contributed by atoms with Crippen LogP contribution in [0.25, 0.3) is 16.8 Å². The third kappa shape index (κ3) is 4.57. The van der Waals surface area contributed by atoms with Crippen molar-refractivity contribution in [3.63, 3.8) is 0 Å². The largest absolute Gasteiger partial charge is 0.416 e. The smallest absolute Gasteiger partial charge is 0.382 e. The lowest BCUT2D eigenvalue weighted by molar-refractivity contribution is -0.137. The monoisotopic (exact) mass is 517 g/mol. The molecular formula is C23H19ClF3N7O2. The van der Waals surface area contributed by atoms with Crippen LogP contribution in [0.15, 0.2) is 48.8 Å². The molecule has 0 spiro atoms. The van der Waals surface area contributed by atoms with Crippen molar-refractivity contribution in [1.82, 2.24) is 24.7 Å². The summed E-state index contributed by atoms with van der Waals surface area (Å²) in [5.41, 5.74) is 7.11. The first-order chi connectivity index (χ1) is 17.2. The Bertz CT molecular complexity index is 1430. The molecular weight excluding hydrogens is 499 g/mol. The lowest BCUT2D eigenvalue weighted by Gasteiger charge is -2.22. The number of rotatable bonds is 4. The Hall–Kier alpha value is -3.74. The van der Waals surface area contributed by atoms with Crippen LogP contribution < -0.4 is 16.4 Å². The van der Waals surface area contributed by atoms with Gasteiger partial charge < -0.3 is 21.1 Å². The fourth-order valence-corrected chi connectivity index (χ4v) is 4.14. The van der Waals surface area contributed by atoms with E-state index in [0.29, 0.717) is 40.9 Å². The predicted octanol–water partition coefficient (Wildman–Crippen LogP) is 3.96. The molecule has 1 saturated heterocycles. The molecule has 1 aromatic carbocycles. The first-order valence-corrected chi connectivity index (χ1v) is 11.2. The van der Waals surface area contributed by atoms with E-state index < -0.39 is 17.6 Å². The van der Waals surface area contributed by atoms with Gasteiger partial charge in [0, 0.05) is 30.4 Å². The molecule has 0 aliphatic carbocycles. The SMILES string of the molecule is Nc1ncc(Cl)n2c([C@H]3CNCCO3)nc(-c3ccc(C(=O)Nc4cc(C(F)(F)F)ccn4)cc3)c12. The lowest BCUT2D eigenvalue weighted by Crippen LogP contribution is -2.34. The molecule has 4 aromatic rings. The molecule has 13 heteroatoms. The predicted molar refractivity (Wildman–Crippen MR) is 127 cm³/mol. The number of pyridine rings is 1. The fraction of sp³-hybridized carbons (Fsp3) is 0.217. The maximum atomic E-state index is 12.9.